The summed E-state index contributed by atoms with van der Waals surface area (Å²) in [5, 5.41) is 7.26. The number of thiophene rings is 1. The minimum absolute atomic E-state index is 0.901. The molecule has 0 atom stereocenters. The summed E-state index contributed by atoms with van der Waals surface area (Å²) in [5.74, 6) is 0. The molecule has 0 amide bonds. The van der Waals surface area contributed by atoms with Gasteiger partial charge in [-0.2, -0.15) is 0 Å². The zero-order valence-electron chi connectivity index (χ0n) is 26.5. The van der Waals surface area contributed by atoms with E-state index in [0.29, 0.717) is 0 Å². The van der Waals surface area contributed by atoms with Gasteiger partial charge in [0.05, 0.1) is 0 Å². The average Bonchev–Trinajstić information content (AvgIpc) is 3.74. The fourth-order valence-electron chi connectivity index (χ4n) is 7.34. The van der Waals surface area contributed by atoms with E-state index < -0.39 is 0 Å². The minimum atomic E-state index is 0.901. The molecule has 2 nitrogen and oxygen atoms in total. The van der Waals surface area contributed by atoms with Gasteiger partial charge in [-0.15, -0.1) is 11.3 Å². The Morgan fingerprint density at radius 3 is 2.00 bits per heavy atom. The van der Waals surface area contributed by atoms with E-state index in [1.807, 2.05) is 11.3 Å². The first-order valence-corrected chi connectivity index (χ1v) is 17.4. The van der Waals surface area contributed by atoms with Gasteiger partial charge in [0.15, 0.2) is 0 Å². The molecular formula is C46H29NOS. The summed E-state index contributed by atoms with van der Waals surface area (Å²) in [7, 11) is 0. The van der Waals surface area contributed by atoms with Crippen LogP contribution in [-0.4, -0.2) is 0 Å². The van der Waals surface area contributed by atoms with Crippen LogP contribution in [0.5, 0.6) is 0 Å². The van der Waals surface area contributed by atoms with Crippen LogP contribution in [0.3, 0.4) is 0 Å². The third-order valence-electron chi connectivity index (χ3n) is 9.65. The molecular weight excluding hydrogens is 615 g/mol. The number of para-hydroxylation sites is 1. The van der Waals surface area contributed by atoms with Crippen molar-refractivity contribution in [1.29, 1.82) is 0 Å². The van der Waals surface area contributed by atoms with Crippen molar-refractivity contribution in [3.05, 3.63) is 176 Å². The number of hydrogen-bond donors (Lipinski definition) is 0. The summed E-state index contributed by atoms with van der Waals surface area (Å²) >= 11 is 1.86. The predicted octanol–water partition coefficient (Wildman–Crippen LogP) is 13.9. The van der Waals surface area contributed by atoms with Crippen LogP contribution in [0.1, 0.15) is 0 Å². The second-order valence-electron chi connectivity index (χ2n) is 12.5. The summed E-state index contributed by atoms with van der Waals surface area (Å²) in [6.07, 6.45) is 0. The predicted molar refractivity (Wildman–Crippen MR) is 210 cm³/mol. The molecule has 0 bridgehead atoms. The van der Waals surface area contributed by atoms with Crippen LogP contribution in [0.15, 0.2) is 180 Å². The van der Waals surface area contributed by atoms with Gasteiger partial charge in [0, 0.05) is 53.4 Å². The molecule has 0 fully saturated rings. The maximum atomic E-state index is 6.52. The van der Waals surface area contributed by atoms with Gasteiger partial charge in [0.2, 0.25) is 0 Å². The largest absolute Gasteiger partial charge is 0.455 e. The number of benzene rings is 8. The molecule has 3 heteroatoms. The van der Waals surface area contributed by atoms with Crippen molar-refractivity contribution in [1.82, 2.24) is 0 Å². The van der Waals surface area contributed by atoms with Crippen LogP contribution in [0.25, 0.3) is 75.1 Å². The summed E-state index contributed by atoms with van der Waals surface area (Å²) in [6, 6.07) is 63.2. The maximum absolute atomic E-state index is 6.52. The van der Waals surface area contributed by atoms with E-state index in [4.69, 9.17) is 4.42 Å². The Kier molecular flexibility index (Phi) is 6.39. The Labute approximate surface area is 287 Å². The van der Waals surface area contributed by atoms with E-state index in [1.165, 1.54) is 36.7 Å². The van der Waals surface area contributed by atoms with Crippen LogP contribution in [0, 0.1) is 0 Å². The molecule has 0 unspecified atom stereocenters. The molecule has 10 aromatic rings. The van der Waals surface area contributed by atoms with Gasteiger partial charge in [-0.05, 0) is 88.3 Å². The van der Waals surface area contributed by atoms with E-state index in [9.17, 15) is 0 Å². The van der Waals surface area contributed by atoms with Crippen molar-refractivity contribution in [3.63, 3.8) is 0 Å². The van der Waals surface area contributed by atoms with Crippen LogP contribution in [0.4, 0.5) is 17.1 Å². The molecule has 0 saturated heterocycles. The van der Waals surface area contributed by atoms with Crippen molar-refractivity contribution in [3.8, 4) is 22.3 Å². The fourth-order valence-corrected chi connectivity index (χ4v) is 8.48. The average molecular weight is 644 g/mol. The lowest BCUT2D eigenvalue weighted by atomic mass is 9.97. The summed E-state index contributed by atoms with van der Waals surface area (Å²) in [5.41, 5.74) is 9.89. The van der Waals surface area contributed by atoms with Crippen LogP contribution in [0.2, 0.25) is 0 Å². The maximum Gasteiger partial charge on any atom is 0.143 e. The molecule has 0 N–H and O–H groups in total. The lowest BCUT2D eigenvalue weighted by molar-refractivity contribution is 0.673. The third kappa shape index (κ3) is 4.62. The van der Waals surface area contributed by atoms with Crippen LogP contribution in [-0.2, 0) is 0 Å². The molecule has 230 valence electrons. The Balaban J connectivity index is 1.07. The zero-order valence-corrected chi connectivity index (χ0v) is 27.3. The molecule has 0 aliphatic heterocycles. The molecule has 0 aliphatic rings. The number of nitrogens with zero attached hydrogens (tertiary/aromatic N) is 1. The second-order valence-corrected chi connectivity index (χ2v) is 13.6. The summed E-state index contributed by atoms with van der Waals surface area (Å²) < 4.78 is 9.17. The van der Waals surface area contributed by atoms with Crippen molar-refractivity contribution >= 4 is 81.3 Å². The molecule has 0 radical (unpaired) electrons. The number of rotatable bonds is 5. The first kappa shape index (κ1) is 27.9. The quantitative estimate of drug-likeness (QED) is 0.186. The molecule has 0 spiro atoms. The second kappa shape index (κ2) is 11.2. The summed E-state index contributed by atoms with van der Waals surface area (Å²) in [4.78, 5) is 2.34. The lowest BCUT2D eigenvalue weighted by Gasteiger charge is -2.26. The number of fused-ring (bicyclic) bond motifs is 8. The van der Waals surface area contributed by atoms with Crippen LogP contribution >= 0.6 is 11.3 Å². The first-order valence-electron chi connectivity index (χ1n) is 16.6. The van der Waals surface area contributed by atoms with Crippen molar-refractivity contribution < 1.29 is 4.42 Å². The fraction of sp³-hybridized carbons (Fsp3) is 0. The SMILES string of the molecule is c1ccc(N(c2ccc(-c3ccc4c(c3)sc3ccccc34)cc2)c2cccc(-c3cccc4oc5c6ccccc6ccc5c34)c2)cc1. The highest BCUT2D eigenvalue weighted by Gasteiger charge is 2.17. The highest BCUT2D eigenvalue weighted by molar-refractivity contribution is 7.25. The molecule has 0 saturated carbocycles. The van der Waals surface area contributed by atoms with Gasteiger partial charge in [-0.1, -0.05) is 115 Å². The van der Waals surface area contributed by atoms with Gasteiger partial charge >= 0.3 is 0 Å². The smallest absolute Gasteiger partial charge is 0.143 e. The summed E-state index contributed by atoms with van der Waals surface area (Å²) in [6.45, 7) is 0. The van der Waals surface area contributed by atoms with E-state index in [1.54, 1.807) is 0 Å². The zero-order chi connectivity index (χ0) is 32.3. The van der Waals surface area contributed by atoms with Crippen molar-refractivity contribution in [2.24, 2.45) is 0 Å². The molecule has 0 aliphatic carbocycles. The molecule has 49 heavy (non-hydrogen) atoms. The Hall–Kier alpha value is -6.16. The lowest BCUT2D eigenvalue weighted by Crippen LogP contribution is -2.09. The topological polar surface area (TPSA) is 16.4 Å². The van der Waals surface area contributed by atoms with E-state index >= 15 is 0 Å². The molecule has 2 aromatic heterocycles. The van der Waals surface area contributed by atoms with Crippen molar-refractivity contribution in [2.45, 2.75) is 0 Å². The van der Waals surface area contributed by atoms with Gasteiger partial charge in [-0.3, -0.25) is 0 Å². The van der Waals surface area contributed by atoms with E-state index in [0.717, 1.165) is 55.5 Å². The van der Waals surface area contributed by atoms with Gasteiger partial charge in [0.1, 0.15) is 11.2 Å². The molecule has 2 heterocycles. The number of furan rings is 1. The van der Waals surface area contributed by atoms with Crippen molar-refractivity contribution in [2.75, 3.05) is 4.90 Å². The highest BCUT2D eigenvalue weighted by Crippen LogP contribution is 2.42. The first-order chi connectivity index (χ1) is 24.3. The van der Waals surface area contributed by atoms with Gasteiger partial charge in [0.25, 0.3) is 0 Å². The standard InChI is InChI=1S/C46H29NOS/c1-2-12-34(13-3-1)47(35-24-20-30(21-25-35)32-23-26-40-39-16-6-7-19-43(39)49-44(40)29-32)36-14-8-11-33(28-36)37-17-9-18-42-45(37)41-27-22-31-10-4-5-15-38(31)46(41)48-42/h1-29H. The minimum Gasteiger partial charge on any atom is -0.455 e. The molecule has 10 rings (SSSR count). The van der Waals surface area contributed by atoms with Gasteiger partial charge in [-0.25, -0.2) is 0 Å². The Bertz CT molecular complexity index is 2830. The Morgan fingerprint density at radius 2 is 1.10 bits per heavy atom. The number of anilines is 3. The van der Waals surface area contributed by atoms with E-state index in [-0.39, 0.29) is 0 Å². The van der Waals surface area contributed by atoms with Crippen LogP contribution < -0.4 is 4.90 Å². The monoisotopic (exact) mass is 643 g/mol. The third-order valence-corrected chi connectivity index (χ3v) is 10.8. The van der Waals surface area contributed by atoms with Gasteiger partial charge < -0.3 is 9.32 Å². The molecule has 8 aromatic carbocycles. The Morgan fingerprint density at radius 1 is 0.408 bits per heavy atom. The van der Waals surface area contributed by atoms with E-state index in [2.05, 4.69) is 181 Å². The number of hydrogen-bond acceptors (Lipinski definition) is 3. The normalized spacial score (nSPS) is 11.7. The highest BCUT2D eigenvalue weighted by atomic mass is 32.1.